The number of nitrogens with one attached hydrogen (secondary N) is 1. The number of rotatable bonds is 3. The van der Waals surface area contributed by atoms with Crippen LogP contribution in [0.25, 0.3) is 0 Å². The molecule has 2 rings (SSSR count). The summed E-state index contributed by atoms with van der Waals surface area (Å²) < 4.78 is 0. The lowest BCUT2D eigenvalue weighted by molar-refractivity contribution is 0.0720. The molecule has 3 nitrogen and oxygen atoms in total. The van der Waals surface area contributed by atoms with Crippen LogP contribution < -0.4 is 5.32 Å². The van der Waals surface area contributed by atoms with E-state index in [0.717, 1.165) is 44.3 Å². The molecule has 1 aliphatic heterocycles. The largest absolute Gasteiger partial charge is 0.339 e. The van der Waals surface area contributed by atoms with Crippen LogP contribution >= 0.6 is 12.4 Å². The Morgan fingerprint density at radius 1 is 1.25 bits per heavy atom. The van der Waals surface area contributed by atoms with Crippen molar-refractivity contribution in [1.82, 2.24) is 10.2 Å². The first-order valence-electron chi connectivity index (χ1n) is 7.29. The van der Waals surface area contributed by atoms with E-state index in [9.17, 15) is 4.79 Å². The molecule has 20 heavy (non-hydrogen) atoms. The molecule has 0 aromatic heterocycles. The third-order valence-electron chi connectivity index (χ3n) is 4.02. The molecule has 1 aromatic rings. The summed E-state index contributed by atoms with van der Waals surface area (Å²) in [6.07, 6.45) is 4.31. The highest BCUT2D eigenvalue weighted by atomic mass is 35.5. The molecular weight excluding hydrogens is 272 g/mol. The van der Waals surface area contributed by atoms with Gasteiger partial charge in [-0.25, -0.2) is 0 Å². The molecule has 112 valence electrons. The van der Waals surface area contributed by atoms with E-state index in [1.807, 2.05) is 24.1 Å². The van der Waals surface area contributed by atoms with Gasteiger partial charge >= 0.3 is 0 Å². The predicted molar refractivity (Wildman–Crippen MR) is 85.7 cm³/mol. The van der Waals surface area contributed by atoms with Gasteiger partial charge in [0.2, 0.25) is 0 Å². The second kappa shape index (κ2) is 8.28. The summed E-state index contributed by atoms with van der Waals surface area (Å²) in [7, 11) is 1.94. The second-order valence-electron chi connectivity index (χ2n) is 5.30. The monoisotopic (exact) mass is 296 g/mol. The van der Waals surface area contributed by atoms with Crippen molar-refractivity contribution in [2.24, 2.45) is 0 Å². The van der Waals surface area contributed by atoms with Gasteiger partial charge in [0.05, 0.1) is 0 Å². The highest BCUT2D eigenvalue weighted by Gasteiger charge is 2.21. The van der Waals surface area contributed by atoms with E-state index in [2.05, 4.69) is 24.4 Å². The summed E-state index contributed by atoms with van der Waals surface area (Å²) in [6, 6.07) is 8.37. The highest BCUT2D eigenvalue weighted by Crippen LogP contribution is 2.15. The van der Waals surface area contributed by atoms with Gasteiger partial charge in [-0.1, -0.05) is 19.1 Å². The van der Waals surface area contributed by atoms with Gasteiger partial charge in [0.1, 0.15) is 0 Å². The zero-order valence-corrected chi connectivity index (χ0v) is 13.2. The van der Waals surface area contributed by atoms with E-state index < -0.39 is 0 Å². The molecule has 1 aliphatic rings. The maximum atomic E-state index is 12.5. The minimum atomic E-state index is 0. The molecule has 1 saturated heterocycles. The Morgan fingerprint density at radius 3 is 2.60 bits per heavy atom. The van der Waals surface area contributed by atoms with Gasteiger partial charge in [0.15, 0.2) is 0 Å². The Hall–Kier alpha value is -1.06. The van der Waals surface area contributed by atoms with Crippen molar-refractivity contribution in [3.8, 4) is 0 Å². The Labute approximate surface area is 128 Å². The Kier molecular flexibility index (Phi) is 7.03. The topological polar surface area (TPSA) is 32.3 Å². The number of halogens is 1. The van der Waals surface area contributed by atoms with Gasteiger partial charge in [0, 0.05) is 18.7 Å². The summed E-state index contributed by atoms with van der Waals surface area (Å²) >= 11 is 0. The molecular formula is C16H25ClN2O. The van der Waals surface area contributed by atoms with Crippen molar-refractivity contribution in [2.75, 3.05) is 20.1 Å². The zero-order chi connectivity index (χ0) is 13.7. The van der Waals surface area contributed by atoms with Crippen molar-refractivity contribution in [2.45, 2.75) is 38.6 Å². The summed E-state index contributed by atoms with van der Waals surface area (Å²) in [5.74, 6) is 0.148. The predicted octanol–water partition coefficient (Wildman–Crippen LogP) is 2.88. The smallest absolute Gasteiger partial charge is 0.253 e. The molecule has 1 amide bonds. The molecule has 1 unspecified atom stereocenters. The standard InChI is InChI=1S/C16H24N2O.ClH/c1-3-13-6-8-14(9-7-13)16(19)18(2)15-5-4-11-17-12-10-15;/h6-9,15,17H,3-5,10-12H2,1-2H3;1H. The highest BCUT2D eigenvalue weighted by molar-refractivity contribution is 5.94. The minimum absolute atomic E-state index is 0. The Bertz CT molecular complexity index is 411. The fourth-order valence-electron chi connectivity index (χ4n) is 2.64. The maximum absolute atomic E-state index is 12.5. The number of amides is 1. The molecule has 4 heteroatoms. The molecule has 1 fully saturated rings. The summed E-state index contributed by atoms with van der Waals surface area (Å²) in [5, 5.41) is 3.39. The van der Waals surface area contributed by atoms with E-state index >= 15 is 0 Å². The first-order valence-corrected chi connectivity index (χ1v) is 7.29. The van der Waals surface area contributed by atoms with Crippen LogP contribution in [0.2, 0.25) is 0 Å². The van der Waals surface area contributed by atoms with Crippen LogP contribution in [0.5, 0.6) is 0 Å². The Balaban J connectivity index is 0.00000200. The third-order valence-corrected chi connectivity index (χ3v) is 4.02. The summed E-state index contributed by atoms with van der Waals surface area (Å²) in [5.41, 5.74) is 2.08. The number of nitrogens with zero attached hydrogens (tertiary/aromatic N) is 1. The van der Waals surface area contributed by atoms with Crippen LogP contribution in [0.15, 0.2) is 24.3 Å². The van der Waals surface area contributed by atoms with E-state index in [4.69, 9.17) is 0 Å². The lowest BCUT2D eigenvalue weighted by Gasteiger charge is -2.27. The average molecular weight is 297 g/mol. The van der Waals surface area contributed by atoms with Crippen LogP contribution in [-0.2, 0) is 6.42 Å². The zero-order valence-electron chi connectivity index (χ0n) is 12.4. The van der Waals surface area contributed by atoms with Crippen molar-refractivity contribution in [3.63, 3.8) is 0 Å². The number of benzene rings is 1. The SMILES string of the molecule is CCc1ccc(C(=O)N(C)C2CCCNCC2)cc1.Cl. The van der Waals surface area contributed by atoms with Crippen LogP contribution in [0.4, 0.5) is 0 Å². The first-order chi connectivity index (χ1) is 9.22. The molecule has 1 heterocycles. The molecule has 0 bridgehead atoms. The number of carbonyl (C=O) groups is 1. The fraction of sp³-hybridized carbons (Fsp3) is 0.562. The van der Waals surface area contributed by atoms with Gasteiger partial charge in [-0.2, -0.15) is 0 Å². The van der Waals surface area contributed by atoms with Gasteiger partial charge < -0.3 is 10.2 Å². The van der Waals surface area contributed by atoms with Crippen molar-refractivity contribution in [3.05, 3.63) is 35.4 Å². The molecule has 0 spiro atoms. The lowest BCUT2D eigenvalue weighted by atomic mass is 10.1. The second-order valence-corrected chi connectivity index (χ2v) is 5.30. The van der Waals surface area contributed by atoms with Crippen LogP contribution in [-0.4, -0.2) is 37.0 Å². The minimum Gasteiger partial charge on any atom is -0.339 e. The van der Waals surface area contributed by atoms with Gasteiger partial charge in [-0.15, -0.1) is 12.4 Å². The molecule has 1 atom stereocenters. The van der Waals surface area contributed by atoms with Crippen LogP contribution in [0.1, 0.15) is 42.1 Å². The third kappa shape index (κ3) is 4.22. The van der Waals surface area contributed by atoms with Gasteiger partial charge in [0.25, 0.3) is 5.91 Å². The molecule has 0 saturated carbocycles. The summed E-state index contributed by atoms with van der Waals surface area (Å²) in [4.78, 5) is 14.4. The van der Waals surface area contributed by atoms with Crippen molar-refractivity contribution in [1.29, 1.82) is 0 Å². The van der Waals surface area contributed by atoms with E-state index in [1.165, 1.54) is 5.56 Å². The molecule has 0 aliphatic carbocycles. The van der Waals surface area contributed by atoms with E-state index in [0.29, 0.717) is 6.04 Å². The first kappa shape index (κ1) is 17.0. The number of carbonyl (C=O) groups excluding carboxylic acids is 1. The maximum Gasteiger partial charge on any atom is 0.253 e. The van der Waals surface area contributed by atoms with Crippen LogP contribution in [0.3, 0.4) is 0 Å². The lowest BCUT2D eigenvalue weighted by Crippen LogP contribution is -2.37. The van der Waals surface area contributed by atoms with Crippen molar-refractivity contribution >= 4 is 18.3 Å². The summed E-state index contributed by atoms with van der Waals surface area (Å²) in [6.45, 7) is 4.21. The van der Waals surface area contributed by atoms with Gasteiger partial charge in [-0.3, -0.25) is 4.79 Å². The normalized spacial score (nSPS) is 18.8. The van der Waals surface area contributed by atoms with Crippen LogP contribution in [0, 0.1) is 0 Å². The van der Waals surface area contributed by atoms with Gasteiger partial charge in [-0.05, 0) is 56.5 Å². The van der Waals surface area contributed by atoms with Crippen molar-refractivity contribution < 1.29 is 4.79 Å². The fourth-order valence-corrected chi connectivity index (χ4v) is 2.64. The van der Waals surface area contributed by atoms with E-state index in [1.54, 1.807) is 0 Å². The Morgan fingerprint density at radius 2 is 1.95 bits per heavy atom. The molecule has 1 N–H and O–H groups in total. The average Bonchev–Trinajstić information content (AvgIpc) is 2.75. The van der Waals surface area contributed by atoms with E-state index in [-0.39, 0.29) is 18.3 Å². The molecule has 1 aromatic carbocycles. The number of hydrogen-bond acceptors (Lipinski definition) is 2. The number of aryl methyl sites for hydroxylation is 1. The quantitative estimate of drug-likeness (QED) is 0.930. The molecule has 0 radical (unpaired) electrons. The number of hydrogen-bond donors (Lipinski definition) is 1.